The molecule has 1 aromatic carbocycles. The Kier molecular flexibility index (Phi) is 3.67. The van der Waals surface area contributed by atoms with Crippen molar-refractivity contribution >= 4 is 17.6 Å². The topological polar surface area (TPSA) is 42.1 Å². The van der Waals surface area contributed by atoms with Gasteiger partial charge in [-0.1, -0.05) is 17.7 Å². The number of hydrogen-bond donors (Lipinski definition) is 1. The second-order valence-electron chi connectivity index (χ2n) is 3.62. The van der Waals surface area contributed by atoms with Crippen molar-refractivity contribution < 1.29 is 13.9 Å². The van der Waals surface area contributed by atoms with E-state index in [0.29, 0.717) is 23.4 Å². The number of benzene rings is 1. The second kappa shape index (κ2) is 5.23. The molecule has 0 atom stereocenters. The number of H-pyrrole nitrogens is 1. The zero-order chi connectivity index (χ0) is 13.1. The van der Waals surface area contributed by atoms with E-state index in [-0.39, 0.29) is 5.02 Å². The van der Waals surface area contributed by atoms with Crippen LogP contribution in [0.5, 0.6) is 0 Å². The maximum atomic E-state index is 13.1. The third-order valence-corrected chi connectivity index (χ3v) is 2.75. The molecule has 0 unspecified atom stereocenters. The lowest BCUT2D eigenvalue weighted by atomic mass is 10.1. The monoisotopic (exact) mass is 267 g/mol. The quantitative estimate of drug-likeness (QED) is 0.863. The van der Waals surface area contributed by atoms with E-state index in [0.717, 1.165) is 0 Å². The first-order valence-corrected chi connectivity index (χ1v) is 5.81. The number of carbonyl (C=O) groups is 1. The molecule has 0 saturated heterocycles. The van der Waals surface area contributed by atoms with Gasteiger partial charge in [-0.3, -0.25) is 0 Å². The van der Waals surface area contributed by atoms with Crippen molar-refractivity contribution in [1.82, 2.24) is 4.98 Å². The van der Waals surface area contributed by atoms with Crippen LogP contribution < -0.4 is 0 Å². The molecule has 1 heterocycles. The molecule has 0 saturated carbocycles. The van der Waals surface area contributed by atoms with E-state index in [4.69, 9.17) is 16.3 Å². The van der Waals surface area contributed by atoms with Crippen molar-refractivity contribution in [2.45, 2.75) is 6.92 Å². The predicted octanol–water partition coefficient (Wildman–Crippen LogP) is 3.65. The third-order valence-electron chi connectivity index (χ3n) is 2.46. The Balaban J connectivity index is 2.42. The number of hydrogen-bond acceptors (Lipinski definition) is 2. The molecule has 0 aliphatic heterocycles. The van der Waals surface area contributed by atoms with E-state index >= 15 is 0 Å². The van der Waals surface area contributed by atoms with E-state index in [1.165, 1.54) is 12.1 Å². The SMILES string of the molecule is CCOC(=O)c1[nH]ccc1-c1ccc(F)c(Cl)c1. The minimum Gasteiger partial charge on any atom is -0.461 e. The van der Waals surface area contributed by atoms with Crippen LogP contribution in [0.15, 0.2) is 30.5 Å². The normalized spacial score (nSPS) is 10.4. The number of aromatic nitrogens is 1. The molecule has 2 aromatic rings. The van der Waals surface area contributed by atoms with Gasteiger partial charge in [0, 0.05) is 11.8 Å². The molecule has 0 bridgehead atoms. The number of nitrogens with one attached hydrogen (secondary N) is 1. The number of esters is 1. The summed E-state index contributed by atoms with van der Waals surface area (Å²) >= 11 is 5.72. The first kappa shape index (κ1) is 12.6. The van der Waals surface area contributed by atoms with Crippen LogP contribution in [0.2, 0.25) is 5.02 Å². The summed E-state index contributed by atoms with van der Waals surface area (Å²) in [7, 11) is 0. The summed E-state index contributed by atoms with van der Waals surface area (Å²) in [6.45, 7) is 2.02. The summed E-state index contributed by atoms with van der Waals surface area (Å²) in [5.74, 6) is -0.938. The summed E-state index contributed by atoms with van der Waals surface area (Å²) in [5.41, 5.74) is 1.63. The Bertz CT molecular complexity index is 580. The number of aromatic amines is 1. The largest absolute Gasteiger partial charge is 0.461 e. The highest BCUT2D eigenvalue weighted by atomic mass is 35.5. The van der Waals surface area contributed by atoms with Crippen molar-refractivity contribution in [2.24, 2.45) is 0 Å². The second-order valence-corrected chi connectivity index (χ2v) is 4.02. The number of rotatable bonds is 3. The molecule has 2 rings (SSSR count). The van der Waals surface area contributed by atoms with E-state index in [1.54, 1.807) is 25.3 Å². The molecule has 3 nitrogen and oxygen atoms in total. The van der Waals surface area contributed by atoms with Gasteiger partial charge in [0.2, 0.25) is 0 Å². The van der Waals surface area contributed by atoms with Gasteiger partial charge in [0.25, 0.3) is 0 Å². The van der Waals surface area contributed by atoms with Gasteiger partial charge in [0.05, 0.1) is 11.6 Å². The molecule has 0 spiro atoms. The van der Waals surface area contributed by atoms with Crippen molar-refractivity contribution in [2.75, 3.05) is 6.61 Å². The summed E-state index contributed by atoms with van der Waals surface area (Å²) in [4.78, 5) is 14.5. The Hall–Kier alpha value is -1.81. The maximum absolute atomic E-state index is 13.1. The molecule has 1 aromatic heterocycles. The first-order valence-electron chi connectivity index (χ1n) is 5.43. The molecule has 1 N–H and O–H groups in total. The van der Waals surface area contributed by atoms with Crippen LogP contribution in [0.25, 0.3) is 11.1 Å². The van der Waals surface area contributed by atoms with E-state index in [9.17, 15) is 9.18 Å². The lowest BCUT2D eigenvalue weighted by Crippen LogP contribution is -2.06. The first-order chi connectivity index (χ1) is 8.63. The number of ether oxygens (including phenoxy) is 1. The minimum absolute atomic E-state index is 0.0171. The summed E-state index contributed by atoms with van der Waals surface area (Å²) in [6.07, 6.45) is 1.62. The highest BCUT2D eigenvalue weighted by Gasteiger charge is 2.15. The molecular weight excluding hydrogens is 257 g/mol. The molecule has 0 aliphatic carbocycles. The van der Waals surface area contributed by atoms with Crippen LogP contribution in [0.4, 0.5) is 4.39 Å². The maximum Gasteiger partial charge on any atom is 0.355 e. The fourth-order valence-electron chi connectivity index (χ4n) is 1.65. The predicted molar refractivity (Wildman–Crippen MR) is 67.2 cm³/mol. The molecule has 94 valence electrons. The van der Waals surface area contributed by atoms with Crippen LogP contribution in [-0.4, -0.2) is 17.6 Å². The van der Waals surface area contributed by atoms with E-state index < -0.39 is 11.8 Å². The van der Waals surface area contributed by atoms with Gasteiger partial charge >= 0.3 is 5.97 Å². The number of halogens is 2. The van der Waals surface area contributed by atoms with Crippen molar-refractivity contribution in [3.05, 3.63) is 47.0 Å². The molecule has 0 amide bonds. The minimum atomic E-state index is -0.492. The van der Waals surface area contributed by atoms with E-state index in [1.807, 2.05) is 0 Å². The number of carbonyl (C=O) groups excluding carboxylic acids is 1. The molecular formula is C13H11ClFNO2. The Labute approximate surface area is 109 Å². The fourth-order valence-corrected chi connectivity index (χ4v) is 1.83. The van der Waals surface area contributed by atoms with Crippen LogP contribution in [-0.2, 0) is 4.74 Å². The standard InChI is InChI=1S/C13H11ClFNO2/c1-2-18-13(17)12-9(5-6-16-12)8-3-4-11(15)10(14)7-8/h3-7,16H,2H2,1H3. The van der Waals surface area contributed by atoms with Gasteiger partial charge < -0.3 is 9.72 Å². The highest BCUT2D eigenvalue weighted by Crippen LogP contribution is 2.27. The molecule has 5 heteroatoms. The highest BCUT2D eigenvalue weighted by molar-refractivity contribution is 6.31. The van der Waals surface area contributed by atoms with Crippen molar-refractivity contribution in [3.63, 3.8) is 0 Å². The van der Waals surface area contributed by atoms with Gasteiger partial charge in [-0.05, 0) is 30.7 Å². The van der Waals surface area contributed by atoms with Gasteiger partial charge in [0.15, 0.2) is 0 Å². The average molecular weight is 268 g/mol. The van der Waals surface area contributed by atoms with Gasteiger partial charge in [0.1, 0.15) is 11.5 Å². The van der Waals surface area contributed by atoms with Crippen molar-refractivity contribution in [1.29, 1.82) is 0 Å². The van der Waals surface area contributed by atoms with Crippen LogP contribution in [0.1, 0.15) is 17.4 Å². The summed E-state index contributed by atoms with van der Waals surface area (Å²) in [5, 5.41) is 0.0171. The van der Waals surface area contributed by atoms with Gasteiger partial charge in [-0.25, -0.2) is 9.18 Å². The Morgan fingerprint density at radius 2 is 2.22 bits per heavy atom. The summed E-state index contributed by atoms with van der Waals surface area (Å²) < 4.78 is 18.0. The Morgan fingerprint density at radius 3 is 2.89 bits per heavy atom. The van der Waals surface area contributed by atoms with Gasteiger partial charge in [-0.2, -0.15) is 0 Å². The molecule has 18 heavy (non-hydrogen) atoms. The van der Waals surface area contributed by atoms with Gasteiger partial charge in [-0.15, -0.1) is 0 Å². The smallest absolute Gasteiger partial charge is 0.355 e. The summed E-state index contributed by atoms with van der Waals surface area (Å²) in [6, 6.07) is 6.02. The zero-order valence-electron chi connectivity index (χ0n) is 9.67. The lowest BCUT2D eigenvalue weighted by Gasteiger charge is -2.05. The van der Waals surface area contributed by atoms with Crippen LogP contribution in [0.3, 0.4) is 0 Å². The van der Waals surface area contributed by atoms with Crippen LogP contribution in [0, 0.1) is 5.82 Å². The Morgan fingerprint density at radius 1 is 1.44 bits per heavy atom. The fraction of sp³-hybridized carbons (Fsp3) is 0.154. The average Bonchev–Trinajstić information content (AvgIpc) is 2.82. The lowest BCUT2D eigenvalue weighted by molar-refractivity contribution is 0.0521. The van der Waals surface area contributed by atoms with Crippen LogP contribution >= 0.6 is 11.6 Å². The molecule has 0 fully saturated rings. The molecule has 0 aliphatic rings. The van der Waals surface area contributed by atoms with E-state index in [2.05, 4.69) is 4.98 Å². The zero-order valence-corrected chi connectivity index (χ0v) is 10.4. The van der Waals surface area contributed by atoms with Crippen molar-refractivity contribution in [3.8, 4) is 11.1 Å². The third kappa shape index (κ3) is 2.38. The molecule has 0 radical (unpaired) electrons.